The number of methoxy groups -OCH3 is 1. The first kappa shape index (κ1) is 17.6. The molecule has 0 atom stereocenters. The molecule has 1 aromatic carbocycles. The Kier molecular flexibility index (Phi) is 5.28. The molecule has 0 amide bonds. The quantitative estimate of drug-likeness (QED) is 0.823. The zero-order valence-corrected chi connectivity index (χ0v) is 14.3. The fourth-order valence-electron chi connectivity index (χ4n) is 2.78. The van der Waals surface area contributed by atoms with Crippen LogP contribution in [0.5, 0.6) is 5.75 Å². The summed E-state index contributed by atoms with van der Waals surface area (Å²) in [6.07, 6.45) is 0. The summed E-state index contributed by atoms with van der Waals surface area (Å²) in [6.45, 7) is 5.65. The molecule has 0 aliphatic carbocycles. The number of hydrogen-bond acceptors (Lipinski definition) is 4. The number of ether oxygens (including phenoxy) is 2. The molecule has 24 heavy (non-hydrogen) atoms. The van der Waals surface area contributed by atoms with Crippen LogP contribution in [0.2, 0.25) is 0 Å². The van der Waals surface area contributed by atoms with E-state index in [9.17, 15) is 14.7 Å². The summed E-state index contributed by atoms with van der Waals surface area (Å²) in [5, 5.41) is 9.45. The minimum Gasteiger partial charge on any atom is -0.497 e. The van der Waals surface area contributed by atoms with Gasteiger partial charge in [-0.1, -0.05) is 12.1 Å². The average molecular weight is 331 g/mol. The summed E-state index contributed by atoms with van der Waals surface area (Å²) in [6, 6.07) is 7.40. The molecular weight excluding hydrogens is 310 g/mol. The first-order valence-corrected chi connectivity index (χ1v) is 7.63. The molecule has 6 nitrogen and oxygen atoms in total. The van der Waals surface area contributed by atoms with Gasteiger partial charge in [0, 0.05) is 12.2 Å². The second-order valence-corrected chi connectivity index (χ2v) is 5.39. The highest BCUT2D eigenvalue weighted by atomic mass is 16.5. The molecule has 0 saturated carbocycles. The lowest BCUT2D eigenvalue weighted by Crippen LogP contribution is -2.15. The Labute approximate surface area is 140 Å². The van der Waals surface area contributed by atoms with Crippen molar-refractivity contribution < 1.29 is 24.2 Å². The van der Waals surface area contributed by atoms with Gasteiger partial charge in [0.2, 0.25) is 0 Å². The zero-order chi connectivity index (χ0) is 17.9. The number of esters is 1. The van der Waals surface area contributed by atoms with Crippen LogP contribution in [-0.4, -0.2) is 35.3 Å². The molecule has 0 aliphatic heterocycles. The standard InChI is InChI=1S/C18H21NO5/c1-5-24-18(22)16-11(2)15(17(20)21)12(3)19(16)10-13-6-8-14(23-4)9-7-13/h6-9H,5,10H2,1-4H3,(H,20,21). The van der Waals surface area contributed by atoms with E-state index in [1.807, 2.05) is 24.3 Å². The number of benzene rings is 1. The van der Waals surface area contributed by atoms with E-state index in [4.69, 9.17) is 9.47 Å². The van der Waals surface area contributed by atoms with Crippen LogP contribution in [0.25, 0.3) is 0 Å². The van der Waals surface area contributed by atoms with Crippen LogP contribution in [-0.2, 0) is 11.3 Å². The van der Waals surface area contributed by atoms with E-state index in [2.05, 4.69) is 0 Å². The lowest BCUT2D eigenvalue weighted by atomic mass is 10.1. The number of carbonyl (C=O) groups is 2. The highest BCUT2D eigenvalue weighted by Gasteiger charge is 2.27. The van der Waals surface area contributed by atoms with Gasteiger partial charge < -0.3 is 19.1 Å². The lowest BCUT2D eigenvalue weighted by molar-refractivity contribution is 0.0513. The van der Waals surface area contributed by atoms with E-state index in [1.165, 1.54) is 0 Å². The smallest absolute Gasteiger partial charge is 0.355 e. The summed E-state index contributed by atoms with van der Waals surface area (Å²) in [4.78, 5) is 23.9. The van der Waals surface area contributed by atoms with E-state index in [0.717, 1.165) is 11.3 Å². The van der Waals surface area contributed by atoms with E-state index >= 15 is 0 Å². The van der Waals surface area contributed by atoms with Crippen molar-refractivity contribution in [2.45, 2.75) is 27.3 Å². The van der Waals surface area contributed by atoms with Crippen LogP contribution < -0.4 is 4.74 Å². The van der Waals surface area contributed by atoms with Gasteiger partial charge in [0.25, 0.3) is 0 Å². The summed E-state index contributed by atoms with van der Waals surface area (Å²) in [7, 11) is 1.59. The molecule has 0 fully saturated rings. The molecule has 0 aliphatic rings. The summed E-state index contributed by atoms with van der Waals surface area (Å²) in [5.41, 5.74) is 2.30. The molecule has 128 valence electrons. The van der Waals surface area contributed by atoms with Crippen LogP contribution >= 0.6 is 0 Å². The van der Waals surface area contributed by atoms with E-state index in [-0.39, 0.29) is 17.9 Å². The highest BCUT2D eigenvalue weighted by Crippen LogP contribution is 2.25. The molecule has 2 rings (SSSR count). The van der Waals surface area contributed by atoms with Crippen LogP contribution in [0, 0.1) is 13.8 Å². The van der Waals surface area contributed by atoms with Crippen molar-refractivity contribution in [2.24, 2.45) is 0 Å². The molecule has 0 radical (unpaired) electrons. The predicted octanol–water partition coefficient (Wildman–Crippen LogP) is 3.04. The first-order chi connectivity index (χ1) is 11.4. The Morgan fingerprint density at radius 3 is 2.29 bits per heavy atom. The highest BCUT2D eigenvalue weighted by molar-refractivity contribution is 5.98. The predicted molar refractivity (Wildman–Crippen MR) is 88.9 cm³/mol. The molecule has 0 saturated heterocycles. The number of carbonyl (C=O) groups excluding carboxylic acids is 1. The van der Waals surface area contributed by atoms with Crippen molar-refractivity contribution in [3.8, 4) is 5.75 Å². The lowest BCUT2D eigenvalue weighted by Gasteiger charge is -2.12. The Morgan fingerprint density at radius 1 is 1.17 bits per heavy atom. The average Bonchev–Trinajstić information content (AvgIpc) is 2.79. The fourth-order valence-corrected chi connectivity index (χ4v) is 2.78. The molecule has 1 heterocycles. The van der Waals surface area contributed by atoms with Crippen molar-refractivity contribution in [1.82, 2.24) is 4.57 Å². The van der Waals surface area contributed by atoms with Crippen molar-refractivity contribution >= 4 is 11.9 Å². The third kappa shape index (κ3) is 3.27. The van der Waals surface area contributed by atoms with Gasteiger partial charge in [-0.15, -0.1) is 0 Å². The Morgan fingerprint density at radius 2 is 1.79 bits per heavy atom. The summed E-state index contributed by atoms with van der Waals surface area (Å²) < 4.78 is 11.9. The minimum atomic E-state index is -1.05. The van der Waals surface area contributed by atoms with Gasteiger partial charge in [-0.25, -0.2) is 9.59 Å². The number of nitrogens with zero attached hydrogens (tertiary/aromatic N) is 1. The number of carboxylic acids is 1. The molecular formula is C18H21NO5. The van der Waals surface area contributed by atoms with Crippen molar-refractivity contribution in [2.75, 3.05) is 13.7 Å². The number of aromatic nitrogens is 1. The van der Waals surface area contributed by atoms with Crippen LogP contribution in [0.3, 0.4) is 0 Å². The maximum atomic E-state index is 12.3. The van der Waals surface area contributed by atoms with Gasteiger partial charge in [-0.3, -0.25) is 0 Å². The monoisotopic (exact) mass is 331 g/mol. The van der Waals surface area contributed by atoms with Gasteiger partial charge in [0.05, 0.1) is 19.3 Å². The Hall–Kier alpha value is -2.76. The molecule has 0 spiro atoms. The maximum Gasteiger partial charge on any atom is 0.355 e. The summed E-state index contributed by atoms with van der Waals surface area (Å²) in [5.74, 6) is -0.834. The van der Waals surface area contributed by atoms with Gasteiger partial charge in [0.15, 0.2) is 0 Å². The number of aromatic carboxylic acids is 1. The largest absolute Gasteiger partial charge is 0.497 e. The number of hydrogen-bond donors (Lipinski definition) is 1. The molecule has 0 unspecified atom stereocenters. The van der Waals surface area contributed by atoms with Crippen molar-refractivity contribution in [3.63, 3.8) is 0 Å². The molecule has 2 aromatic rings. The van der Waals surface area contributed by atoms with E-state index in [1.54, 1.807) is 32.4 Å². The van der Waals surface area contributed by atoms with Crippen molar-refractivity contribution in [1.29, 1.82) is 0 Å². The molecule has 6 heteroatoms. The van der Waals surface area contributed by atoms with Gasteiger partial charge in [-0.05, 0) is 44.0 Å². The van der Waals surface area contributed by atoms with Crippen LogP contribution in [0.15, 0.2) is 24.3 Å². The van der Waals surface area contributed by atoms with Crippen LogP contribution in [0.4, 0.5) is 0 Å². The minimum absolute atomic E-state index is 0.145. The SMILES string of the molecule is CCOC(=O)c1c(C)c(C(=O)O)c(C)n1Cc1ccc(OC)cc1. The molecule has 1 N–H and O–H groups in total. The van der Waals surface area contributed by atoms with E-state index < -0.39 is 11.9 Å². The van der Waals surface area contributed by atoms with Gasteiger partial charge in [0.1, 0.15) is 11.4 Å². The third-order valence-electron chi connectivity index (χ3n) is 3.95. The number of rotatable bonds is 6. The van der Waals surface area contributed by atoms with Gasteiger partial charge >= 0.3 is 11.9 Å². The maximum absolute atomic E-state index is 12.3. The second kappa shape index (κ2) is 7.21. The first-order valence-electron chi connectivity index (χ1n) is 7.63. The topological polar surface area (TPSA) is 77.8 Å². The Balaban J connectivity index is 2.51. The number of carboxylic acid groups (broad SMARTS) is 1. The zero-order valence-electron chi connectivity index (χ0n) is 14.3. The second-order valence-electron chi connectivity index (χ2n) is 5.39. The summed E-state index contributed by atoms with van der Waals surface area (Å²) >= 11 is 0. The molecule has 0 bridgehead atoms. The van der Waals surface area contributed by atoms with Crippen LogP contribution in [0.1, 0.15) is 44.6 Å². The fraction of sp³-hybridized carbons (Fsp3) is 0.333. The normalized spacial score (nSPS) is 10.5. The van der Waals surface area contributed by atoms with Gasteiger partial charge in [-0.2, -0.15) is 0 Å². The molecule has 1 aromatic heterocycles. The Bertz CT molecular complexity index is 759. The van der Waals surface area contributed by atoms with Crippen molar-refractivity contribution in [3.05, 3.63) is 52.3 Å². The van der Waals surface area contributed by atoms with E-state index in [0.29, 0.717) is 17.8 Å². The third-order valence-corrected chi connectivity index (χ3v) is 3.95.